The molecule has 98 valence electrons. The van der Waals surface area contributed by atoms with E-state index in [4.69, 9.17) is 5.21 Å². The first-order chi connectivity index (χ1) is 6.69. The Morgan fingerprint density at radius 2 is 1.75 bits per heavy atom. The maximum absolute atomic E-state index is 11.0. The van der Waals surface area contributed by atoms with Gasteiger partial charge in [0.05, 0.1) is 5.75 Å². The number of amides is 1. The monoisotopic (exact) mass is 647 g/mol. The summed E-state index contributed by atoms with van der Waals surface area (Å²) in [4.78, 5) is 11.0. The Morgan fingerprint density at radius 1 is 1.38 bits per heavy atom. The molecule has 0 radical (unpaired) electrons. The van der Waals surface area contributed by atoms with Crippen molar-refractivity contribution in [1.82, 2.24) is 5.48 Å². The van der Waals surface area contributed by atoms with Gasteiger partial charge in [-0.15, -0.1) is 0 Å². The van der Waals surface area contributed by atoms with Gasteiger partial charge in [-0.1, -0.05) is 13.8 Å². The maximum Gasteiger partial charge on any atom is 0.249 e. The zero-order chi connectivity index (χ0) is 12.7. The number of hydrogen-bond acceptors (Lipinski definition) is 4. The fraction of sp³-hybridized carbons (Fsp3) is 0.857. The number of nitrogens with one attached hydrogen (secondary N) is 1. The van der Waals surface area contributed by atoms with Gasteiger partial charge in [0, 0.05) is 70.0 Å². The van der Waals surface area contributed by atoms with Crippen LogP contribution in [0.2, 0.25) is 0 Å². The molecule has 0 aliphatic heterocycles. The van der Waals surface area contributed by atoms with Crippen LogP contribution < -0.4 is 5.48 Å². The van der Waals surface area contributed by atoms with Crippen LogP contribution in [0.3, 0.4) is 0 Å². The van der Waals surface area contributed by atoms with Gasteiger partial charge in [-0.25, -0.2) is 13.9 Å². The molecule has 0 saturated carbocycles. The van der Waals surface area contributed by atoms with Crippen LogP contribution in [0.15, 0.2) is 0 Å². The van der Waals surface area contributed by atoms with E-state index in [1.807, 2.05) is 0 Å². The molecule has 16 heavy (non-hydrogen) atoms. The minimum atomic E-state index is -3.06. The average Bonchev–Trinajstić information content (AvgIpc) is 2.16. The summed E-state index contributed by atoms with van der Waals surface area (Å²) >= 11 is 4.24. The Kier molecular flexibility index (Phi) is 14.8. The fourth-order valence-electron chi connectivity index (χ4n) is 0.705. The molecule has 0 aliphatic carbocycles. The number of hydrogen-bond donors (Lipinski definition) is 2. The van der Waals surface area contributed by atoms with Gasteiger partial charge in [0.25, 0.3) is 0 Å². The second-order valence-electron chi connectivity index (χ2n) is 3.70. The molecule has 0 spiro atoms. The predicted octanol–water partition coefficient (Wildman–Crippen LogP) is 1.72. The third-order valence-corrected chi connectivity index (χ3v) is 2.76. The first-order valence-corrected chi connectivity index (χ1v) is 12.3. The molecule has 1 amide bonds. The third kappa shape index (κ3) is 12.0. The molecule has 9 heteroatoms. The molecule has 0 aromatic heterocycles. The quantitative estimate of drug-likeness (QED) is 0.277. The number of hydroxylamine groups is 1. The van der Waals surface area contributed by atoms with Crippen LogP contribution in [-0.4, -0.2) is 31.5 Å². The number of halogens is 2. The molecule has 0 saturated heterocycles. The molecule has 0 aliphatic rings. The molecule has 0 aromatic carbocycles. The zero-order valence-corrected chi connectivity index (χ0v) is 17.2. The summed E-state index contributed by atoms with van der Waals surface area (Å²) in [5.41, 5.74) is 0.644. The van der Waals surface area contributed by atoms with Crippen LogP contribution in [0, 0.1) is 5.41 Å². The SMILES string of the molecule is CC(C)(CCS(C)(=O)=O)C(=O)NO.II.[W]. The van der Waals surface area contributed by atoms with Gasteiger partial charge in [-0.2, -0.15) is 0 Å². The largest absolute Gasteiger partial charge is 0.289 e. The molecule has 0 atom stereocenters. The summed E-state index contributed by atoms with van der Waals surface area (Å²) in [5.74, 6) is -0.635. The van der Waals surface area contributed by atoms with Gasteiger partial charge >= 0.3 is 0 Å². The Balaban J connectivity index is -0.000000529. The molecule has 5 nitrogen and oxygen atoms in total. The Bertz CT molecular complexity index is 295. The van der Waals surface area contributed by atoms with Gasteiger partial charge in [-0.3, -0.25) is 10.0 Å². The second kappa shape index (κ2) is 10.5. The van der Waals surface area contributed by atoms with Gasteiger partial charge < -0.3 is 0 Å². The zero-order valence-electron chi connectivity index (χ0n) is 9.16. The Hall–Kier alpha value is 1.53. The minimum absolute atomic E-state index is 0. The van der Waals surface area contributed by atoms with Crippen LogP contribution in [0.1, 0.15) is 20.3 Å². The van der Waals surface area contributed by atoms with E-state index in [0.717, 1.165) is 6.26 Å². The van der Waals surface area contributed by atoms with Gasteiger partial charge in [0.15, 0.2) is 0 Å². The summed E-state index contributed by atoms with van der Waals surface area (Å²) in [6.07, 6.45) is 1.30. The van der Waals surface area contributed by atoms with Crippen molar-refractivity contribution >= 4 is 53.0 Å². The number of carbonyl (C=O) groups excluding carboxylic acids is 1. The van der Waals surface area contributed by atoms with Crippen molar-refractivity contribution in [2.24, 2.45) is 5.41 Å². The third-order valence-electron chi connectivity index (χ3n) is 1.81. The van der Waals surface area contributed by atoms with Crippen molar-refractivity contribution in [3.05, 3.63) is 0 Å². The Labute approximate surface area is 134 Å². The number of rotatable bonds is 4. The van der Waals surface area contributed by atoms with Crippen LogP contribution >= 0.6 is 37.2 Å². The summed E-state index contributed by atoms with van der Waals surface area (Å²) in [6.45, 7) is 3.15. The summed E-state index contributed by atoms with van der Waals surface area (Å²) in [6, 6.07) is 0. The van der Waals surface area contributed by atoms with Crippen molar-refractivity contribution in [2.45, 2.75) is 20.3 Å². The van der Waals surface area contributed by atoms with E-state index in [9.17, 15) is 13.2 Å². The van der Waals surface area contributed by atoms with Crippen LogP contribution in [0.25, 0.3) is 0 Å². The molecule has 0 rings (SSSR count). The van der Waals surface area contributed by atoms with E-state index >= 15 is 0 Å². The minimum Gasteiger partial charge on any atom is -0.289 e. The molecule has 2 N–H and O–H groups in total. The fourth-order valence-corrected chi connectivity index (χ4v) is 1.59. The topological polar surface area (TPSA) is 83.5 Å². The molecular weight excluding hydrogens is 632 g/mol. The van der Waals surface area contributed by atoms with Crippen molar-refractivity contribution in [3.8, 4) is 0 Å². The number of carbonyl (C=O) groups is 1. The number of sulfone groups is 1. The van der Waals surface area contributed by atoms with Crippen molar-refractivity contribution in [2.75, 3.05) is 12.0 Å². The molecule has 0 unspecified atom stereocenters. The average molecular weight is 647 g/mol. The van der Waals surface area contributed by atoms with Crippen LogP contribution in [0.5, 0.6) is 0 Å². The van der Waals surface area contributed by atoms with E-state index in [1.54, 1.807) is 13.8 Å². The normalized spacial score (nSPS) is 10.6. The first kappa shape index (κ1) is 22.7. The second-order valence-corrected chi connectivity index (χ2v) is 5.96. The standard InChI is InChI=1S/C7H15NO4S.I2.W/c1-7(2,6(9)8-10)4-5-13(3,11)12;1-2;/h10H,4-5H2,1-3H3,(H,8,9);;. The van der Waals surface area contributed by atoms with Crippen molar-refractivity contribution in [1.29, 1.82) is 0 Å². The summed E-state index contributed by atoms with van der Waals surface area (Å²) < 4.78 is 21.6. The van der Waals surface area contributed by atoms with Crippen molar-refractivity contribution < 1.29 is 39.5 Å². The molecular formula is C7H15I2NO4SW. The Morgan fingerprint density at radius 3 is 2.00 bits per heavy atom. The van der Waals surface area contributed by atoms with Crippen LogP contribution in [0.4, 0.5) is 0 Å². The molecule has 0 aromatic rings. The first-order valence-electron chi connectivity index (χ1n) is 3.95. The summed E-state index contributed by atoms with van der Waals surface area (Å²) in [7, 11) is -3.06. The summed E-state index contributed by atoms with van der Waals surface area (Å²) in [5, 5.41) is 8.35. The predicted molar refractivity (Wildman–Crippen MR) is 76.1 cm³/mol. The van der Waals surface area contributed by atoms with E-state index in [2.05, 4.69) is 37.2 Å². The van der Waals surface area contributed by atoms with Gasteiger partial charge in [0.2, 0.25) is 5.91 Å². The maximum atomic E-state index is 11.0. The van der Waals surface area contributed by atoms with E-state index in [-0.39, 0.29) is 33.2 Å². The molecule has 0 bridgehead atoms. The smallest absolute Gasteiger partial charge is 0.249 e. The van der Waals surface area contributed by atoms with E-state index in [0.29, 0.717) is 0 Å². The van der Waals surface area contributed by atoms with Gasteiger partial charge in [-0.05, 0) is 6.42 Å². The van der Waals surface area contributed by atoms with E-state index in [1.165, 1.54) is 5.48 Å². The van der Waals surface area contributed by atoms with Crippen LogP contribution in [-0.2, 0) is 35.7 Å². The molecule has 0 fully saturated rings. The van der Waals surface area contributed by atoms with Crippen molar-refractivity contribution in [3.63, 3.8) is 0 Å². The van der Waals surface area contributed by atoms with Gasteiger partial charge in [0.1, 0.15) is 9.84 Å². The molecule has 0 heterocycles. The van der Waals surface area contributed by atoms with E-state index < -0.39 is 21.2 Å².